The molecule has 3 fully saturated rings. The van der Waals surface area contributed by atoms with Gasteiger partial charge >= 0.3 is 5.97 Å². The van der Waals surface area contributed by atoms with Gasteiger partial charge < -0.3 is 4.74 Å². The Balaban J connectivity index is 1.85. The van der Waals surface area contributed by atoms with E-state index in [4.69, 9.17) is 4.74 Å². The Bertz CT molecular complexity index is 224. The van der Waals surface area contributed by atoms with Crippen molar-refractivity contribution in [2.24, 2.45) is 23.7 Å². The lowest BCUT2D eigenvalue weighted by molar-refractivity contribution is -0.161. The zero-order valence-electron chi connectivity index (χ0n) is 6.62. The molecule has 1 saturated heterocycles. The van der Waals surface area contributed by atoms with Gasteiger partial charge in [0.2, 0.25) is 0 Å². The molecule has 5 atom stereocenters. The number of ether oxygens (including phenoxy) is 1. The number of hydrogen-bond acceptors (Lipinski definition) is 2. The normalized spacial score (nSPS) is 57.5. The van der Waals surface area contributed by atoms with Crippen molar-refractivity contribution in [2.45, 2.75) is 25.9 Å². The van der Waals surface area contributed by atoms with Crippen molar-refractivity contribution in [3.8, 4) is 0 Å². The van der Waals surface area contributed by atoms with Crippen LogP contribution in [0.25, 0.3) is 0 Å². The molecule has 0 spiro atoms. The molecular weight excluding hydrogens is 140 g/mol. The summed E-state index contributed by atoms with van der Waals surface area (Å²) in [4.78, 5) is 11.0. The van der Waals surface area contributed by atoms with Gasteiger partial charge in [-0.1, -0.05) is 6.92 Å². The molecule has 3 rings (SSSR count). The van der Waals surface area contributed by atoms with Crippen LogP contribution in [-0.4, -0.2) is 12.1 Å². The van der Waals surface area contributed by atoms with E-state index in [0.717, 1.165) is 23.7 Å². The first-order chi connectivity index (χ1) is 5.33. The maximum absolute atomic E-state index is 11.0. The van der Waals surface area contributed by atoms with Gasteiger partial charge in [-0.05, 0) is 24.2 Å². The summed E-state index contributed by atoms with van der Waals surface area (Å²) in [7, 11) is 0. The van der Waals surface area contributed by atoms with Crippen molar-refractivity contribution >= 4 is 5.97 Å². The highest BCUT2D eigenvalue weighted by Gasteiger charge is 2.72. The zero-order valence-corrected chi connectivity index (χ0v) is 6.62. The fourth-order valence-electron chi connectivity index (χ4n) is 3.19. The lowest BCUT2D eigenvalue weighted by atomic mass is 9.80. The second-order valence-corrected chi connectivity index (χ2v) is 4.05. The van der Waals surface area contributed by atoms with E-state index in [-0.39, 0.29) is 5.97 Å². The van der Waals surface area contributed by atoms with Crippen LogP contribution in [0.3, 0.4) is 0 Å². The number of hydrogen-bond donors (Lipinski definition) is 0. The van der Waals surface area contributed by atoms with E-state index in [2.05, 4.69) is 6.92 Å². The number of carbonyl (C=O) groups is 1. The summed E-state index contributed by atoms with van der Waals surface area (Å²) < 4.78 is 5.27. The van der Waals surface area contributed by atoms with Gasteiger partial charge in [-0.2, -0.15) is 0 Å². The van der Waals surface area contributed by atoms with Gasteiger partial charge in [0.15, 0.2) is 0 Å². The SMILES string of the molecule is CCC1C2OC(=O)CC3C1C32. The van der Waals surface area contributed by atoms with Crippen molar-refractivity contribution in [3.63, 3.8) is 0 Å². The standard InChI is InChI=1S/C9H12O2/c1-2-4-7-5-3-6(10)11-9(4)8(5)7/h4-5,7-9H,2-3H2,1H3. The molecule has 0 N–H and O–H groups in total. The third-order valence-electron chi connectivity index (χ3n) is 3.73. The van der Waals surface area contributed by atoms with Crippen LogP contribution >= 0.6 is 0 Å². The van der Waals surface area contributed by atoms with Crippen molar-refractivity contribution in [2.75, 3.05) is 0 Å². The molecule has 0 aromatic rings. The van der Waals surface area contributed by atoms with E-state index in [1.165, 1.54) is 6.42 Å². The van der Waals surface area contributed by atoms with E-state index in [1.54, 1.807) is 0 Å². The molecule has 3 aliphatic rings. The molecule has 0 radical (unpaired) electrons. The maximum atomic E-state index is 11.0. The predicted octanol–water partition coefficient (Wildman–Crippen LogP) is 1.20. The molecule has 0 aromatic heterocycles. The van der Waals surface area contributed by atoms with E-state index in [1.807, 2.05) is 0 Å². The minimum atomic E-state index is 0.0506. The molecule has 2 nitrogen and oxygen atoms in total. The highest BCUT2D eigenvalue weighted by Crippen LogP contribution is 2.70. The number of carbonyl (C=O) groups excluding carboxylic acids is 1. The van der Waals surface area contributed by atoms with Crippen LogP contribution in [0.5, 0.6) is 0 Å². The average molecular weight is 152 g/mol. The van der Waals surface area contributed by atoms with Crippen molar-refractivity contribution in [1.29, 1.82) is 0 Å². The first-order valence-electron chi connectivity index (χ1n) is 4.52. The monoisotopic (exact) mass is 152 g/mol. The van der Waals surface area contributed by atoms with Crippen molar-refractivity contribution in [1.82, 2.24) is 0 Å². The highest BCUT2D eigenvalue weighted by molar-refractivity contribution is 5.72. The molecule has 2 saturated carbocycles. The van der Waals surface area contributed by atoms with Crippen molar-refractivity contribution in [3.05, 3.63) is 0 Å². The molecule has 2 aliphatic carbocycles. The lowest BCUT2D eigenvalue weighted by Crippen LogP contribution is -2.39. The minimum absolute atomic E-state index is 0.0506. The average Bonchev–Trinajstić information content (AvgIpc) is 2.58. The van der Waals surface area contributed by atoms with E-state index in [9.17, 15) is 4.79 Å². The molecular formula is C9H12O2. The summed E-state index contributed by atoms with van der Waals surface area (Å²) in [5, 5.41) is 0. The van der Waals surface area contributed by atoms with Gasteiger partial charge in [0, 0.05) is 12.3 Å². The molecule has 1 aliphatic heterocycles. The van der Waals surface area contributed by atoms with Crippen LogP contribution in [0, 0.1) is 23.7 Å². The zero-order chi connectivity index (χ0) is 7.59. The van der Waals surface area contributed by atoms with Crippen LogP contribution in [0.1, 0.15) is 19.8 Å². The minimum Gasteiger partial charge on any atom is -0.462 e. The maximum Gasteiger partial charge on any atom is 0.306 e. The second kappa shape index (κ2) is 1.62. The van der Waals surface area contributed by atoms with Gasteiger partial charge in [-0.15, -0.1) is 0 Å². The Labute approximate surface area is 65.9 Å². The molecule has 2 heteroatoms. The highest BCUT2D eigenvalue weighted by atomic mass is 16.5. The Morgan fingerprint density at radius 3 is 3.09 bits per heavy atom. The lowest BCUT2D eigenvalue weighted by Gasteiger charge is -2.34. The summed E-state index contributed by atoms with van der Waals surface area (Å²) in [6, 6.07) is 0. The Morgan fingerprint density at radius 2 is 2.36 bits per heavy atom. The van der Waals surface area contributed by atoms with Crippen LogP contribution in [0.15, 0.2) is 0 Å². The van der Waals surface area contributed by atoms with E-state index >= 15 is 0 Å². The fraction of sp³-hybridized carbons (Fsp3) is 0.889. The summed E-state index contributed by atoms with van der Waals surface area (Å²) in [6.45, 7) is 2.20. The molecule has 0 bridgehead atoms. The number of esters is 1. The third-order valence-corrected chi connectivity index (χ3v) is 3.73. The van der Waals surface area contributed by atoms with Crippen LogP contribution < -0.4 is 0 Å². The first kappa shape index (κ1) is 6.04. The second-order valence-electron chi connectivity index (χ2n) is 4.05. The fourth-order valence-corrected chi connectivity index (χ4v) is 3.19. The van der Waals surface area contributed by atoms with Crippen LogP contribution in [0.4, 0.5) is 0 Å². The Morgan fingerprint density at radius 1 is 1.55 bits per heavy atom. The molecule has 11 heavy (non-hydrogen) atoms. The topological polar surface area (TPSA) is 26.3 Å². The van der Waals surface area contributed by atoms with Gasteiger partial charge in [-0.25, -0.2) is 0 Å². The molecule has 5 unspecified atom stereocenters. The summed E-state index contributed by atoms with van der Waals surface area (Å²) >= 11 is 0. The van der Waals surface area contributed by atoms with Gasteiger partial charge in [0.05, 0.1) is 0 Å². The van der Waals surface area contributed by atoms with Gasteiger partial charge in [0.25, 0.3) is 0 Å². The van der Waals surface area contributed by atoms with E-state index < -0.39 is 0 Å². The Kier molecular flexibility index (Phi) is 0.890. The van der Waals surface area contributed by atoms with E-state index in [0.29, 0.717) is 12.5 Å². The predicted molar refractivity (Wildman–Crippen MR) is 38.7 cm³/mol. The van der Waals surface area contributed by atoms with Crippen LogP contribution in [-0.2, 0) is 9.53 Å². The quantitative estimate of drug-likeness (QED) is 0.528. The third kappa shape index (κ3) is 0.534. The van der Waals surface area contributed by atoms with Gasteiger partial charge in [-0.3, -0.25) is 4.79 Å². The van der Waals surface area contributed by atoms with Crippen LogP contribution in [0.2, 0.25) is 0 Å². The Hall–Kier alpha value is -0.530. The molecule has 1 heterocycles. The molecule has 0 aromatic carbocycles. The summed E-state index contributed by atoms with van der Waals surface area (Å²) in [5.41, 5.74) is 0. The summed E-state index contributed by atoms with van der Waals surface area (Å²) in [5.74, 6) is 3.16. The van der Waals surface area contributed by atoms with Gasteiger partial charge in [0.1, 0.15) is 6.10 Å². The molecule has 0 amide bonds. The number of fused-ring (bicyclic) bond motifs is 1. The smallest absolute Gasteiger partial charge is 0.306 e. The molecule has 60 valence electrons. The summed E-state index contributed by atoms with van der Waals surface area (Å²) in [6.07, 6.45) is 2.23. The largest absolute Gasteiger partial charge is 0.462 e. The first-order valence-corrected chi connectivity index (χ1v) is 4.52. The number of rotatable bonds is 1. The van der Waals surface area contributed by atoms with Crippen molar-refractivity contribution < 1.29 is 9.53 Å².